The lowest BCUT2D eigenvalue weighted by atomic mass is 9.96. The number of carboxylic acid groups (broad SMARTS) is 1. The zero-order valence-electron chi connectivity index (χ0n) is 10.0. The number of thiophene rings is 1. The van der Waals surface area contributed by atoms with E-state index in [4.69, 9.17) is 5.11 Å². The van der Waals surface area contributed by atoms with Crippen molar-refractivity contribution in [2.24, 2.45) is 0 Å². The number of aromatic carboxylic acids is 1. The van der Waals surface area contributed by atoms with Crippen molar-refractivity contribution in [1.29, 1.82) is 0 Å². The summed E-state index contributed by atoms with van der Waals surface area (Å²) < 4.78 is 0. The highest BCUT2D eigenvalue weighted by Crippen LogP contribution is 2.34. The lowest BCUT2D eigenvalue weighted by molar-refractivity contribution is 0.0694. The Balaban J connectivity index is 2.43. The Morgan fingerprint density at radius 2 is 2.06 bits per heavy atom. The Hall–Kier alpha value is -1.62. The Bertz CT molecular complexity index is 711. The van der Waals surface area contributed by atoms with Crippen LogP contribution < -0.4 is 5.43 Å². The molecule has 0 amide bonds. The molecule has 4 nitrogen and oxygen atoms in total. The molecule has 0 saturated carbocycles. The van der Waals surface area contributed by atoms with Gasteiger partial charge in [-0.3, -0.25) is 4.79 Å². The van der Waals surface area contributed by atoms with Gasteiger partial charge in [0.2, 0.25) is 5.43 Å². The lowest BCUT2D eigenvalue weighted by Gasteiger charge is -2.10. The zero-order chi connectivity index (χ0) is 12.9. The molecule has 2 aromatic heterocycles. The summed E-state index contributed by atoms with van der Waals surface area (Å²) in [6.07, 6.45) is 4.12. The first kappa shape index (κ1) is 11.5. The second-order valence-electron chi connectivity index (χ2n) is 4.67. The van der Waals surface area contributed by atoms with E-state index in [1.807, 2.05) is 0 Å². The minimum absolute atomic E-state index is 0.117. The summed E-state index contributed by atoms with van der Waals surface area (Å²) in [6.45, 7) is 1.64. The number of nitrogens with one attached hydrogen (secondary N) is 1. The van der Waals surface area contributed by atoms with Crippen molar-refractivity contribution >= 4 is 27.5 Å². The normalized spacial score (nSPS) is 14.7. The van der Waals surface area contributed by atoms with Gasteiger partial charge in [0, 0.05) is 10.6 Å². The van der Waals surface area contributed by atoms with Crippen LogP contribution in [0.3, 0.4) is 0 Å². The molecular formula is C13H13NO3S. The number of aromatic nitrogens is 1. The Labute approximate surface area is 107 Å². The van der Waals surface area contributed by atoms with Gasteiger partial charge in [-0.2, -0.15) is 0 Å². The van der Waals surface area contributed by atoms with Crippen molar-refractivity contribution in [3.63, 3.8) is 0 Å². The monoisotopic (exact) mass is 263 g/mol. The summed E-state index contributed by atoms with van der Waals surface area (Å²) in [5, 5.41) is 9.74. The molecule has 3 rings (SSSR count). The smallest absolute Gasteiger partial charge is 0.341 e. The lowest BCUT2D eigenvalue weighted by Crippen LogP contribution is -2.18. The van der Waals surface area contributed by atoms with Gasteiger partial charge in [0.05, 0.1) is 5.39 Å². The number of pyridine rings is 1. The van der Waals surface area contributed by atoms with Crippen LogP contribution in [0.4, 0.5) is 0 Å². The number of rotatable bonds is 1. The van der Waals surface area contributed by atoms with Crippen LogP contribution in [0, 0.1) is 6.92 Å². The number of hydrogen-bond acceptors (Lipinski definition) is 3. The Morgan fingerprint density at radius 1 is 1.33 bits per heavy atom. The van der Waals surface area contributed by atoms with Crippen molar-refractivity contribution in [3.05, 3.63) is 31.9 Å². The molecule has 0 bridgehead atoms. The maximum Gasteiger partial charge on any atom is 0.341 e. The van der Waals surface area contributed by atoms with Crippen LogP contribution in [0.25, 0.3) is 10.2 Å². The summed E-state index contributed by atoms with van der Waals surface area (Å²) in [5.74, 6) is -1.15. The molecule has 1 aliphatic rings. The summed E-state index contributed by atoms with van der Waals surface area (Å²) in [6, 6.07) is 0. The first-order valence-electron chi connectivity index (χ1n) is 6.00. The summed E-state index contributed by atoms with van der Waals surface area (Å²) in [4.78, 5) is 28.6. The predicted molar refractivity (Wildman–Crippen MR) is 70.8 cm³/mol. The zero-order valence-corrected chi connectivity index (χ0v) is 10.8. The molecule has 5 heteroatoms. The van der Waals surface area contributed by atoms with Crippen molar-refractivity contribution in [3.8, 4) is 0 Å². The number of aromatic amines is 1. The second-order valence-corrected chi connectivity index (χ2v) is 5.78. The minimum atomic E-state index is -1.15. The first-order chi connectivity index (χ1) is 8.59. The molecule has 0 fully saturated rings. The van der Waals surface area contributed by atoms with Gasteiger partial charge in [-0.15, -0.1) is 11.3 Å². The van der Waals surface area contributed by atoms with Crippen LogP contribution in [0.1, 0.15) is 39.3 Å². The maximum atomic E-state index is 12.3. The minimum Gasteiger partial charge on any atom is -0.477 e. The van der Waals surface area contributed by atoms with Gasteiger partial charge in [-0.1, -0.05) is 0 Å². The van der Waals surface area contributed by atoms with E-state index in [0.717, 1.165) is 36.1 Å². The Morgan fingerprint density at radius 3 is 2.78 bits per heavy atom. The predicted octanol–water partition coefficient (Wildman–Crippen LogP) is 2.48. The summed E-state index contributed by atoms with van der Waals surface area (Å²) in [7, 11) is 0. The molecule has 0 saturated heterocycles. The molecule has 94 valence electrons. The maximum absolute atomic E-state index is 12.3. The van der Waals surface area contributed by atoms with Crippen LogP contribution in [-0.4, -0.2) is 16.1 Å². The van der Waals surface area contributed by atoms with Crippen LogP contribution in [0.15, 0.2) is 4.79 Å². The van der Waals surface area contributed by atoms with Gasteiger partial charge in [0.15, 0.2) is 0 Å². The van der Waals surface area contributed by atoms with Crippen molar-refractivity contribution in [1.82, 2.24) is 4.98 Å². The fraction of sp³-hybridized carbons (Fsp3) is 0.385. The third-order valence-electron chi connectivity index (χ3n) is 3.52. The fourth-order valence-electron chi connectivity index (χ4n) is 2.68. The third-order valence-corrected chi connectivity index (χ3v) is 4.72. The van der Waals surface area contributed by atoms with Gasteiger partial charge in [0.25, 0.3) is 0 Å². The topological polar surface area (TPSA) is 70.2 Å². The molecule has 2 heterocycles. The fourth-order valence-corrected chi connectivity index (χ4v) is 4.02. The molecule has 1 aliphatic carbocycles. The number of carbonyl (C=O) groups is 1. The van der Waals surface area contributed by atoms with E-state index >= 15 is 0 Å². The third kappa shape index (κ3) is 1.50. The van der Waals surface area contributed by atoms with Gasteiger partial charge < -0.3 is 10.1 Å². The average Bonchev–Trinajstić information content (AvgIpc) is 2.66. The number of carboxylic acids is 1. The van der Waals surface area contributed by atoms with Gasteiger partial charge in [-0.25, -0.2) is 4.79 Å². The number of H-pyrrole nitrogens is 1. The standard InChI is InChI=1S/C13H13NO3S/c1-6-9(13(16)17)11(15)10-7-4-2-3-5-8(7)18-12(10)14-6/h2-5H2,1H3,(H,14,15)(H,16,17). The highest BCUT2D eigenvalue weighted by molar-refractivity contribution is 7.18. The van der Waals surface area contributed by atoms with Crippen molar-refractivity contribution in [2.45, 2.75) is 32.6 Å². The van der Waals surface area contributed by atoms with E-state index < -0.39 is 5.97 Å². The van der Waals surface area contributed by atoms with Crippen molar-refractivity contribution in [2.75, 3.05) is 0 Å². The van der Waals surface area contributed by atoms with Gasteiger partial charge in [-0.05, 0) is 38.2 Å². The summed E-state index contributed by atoms with van der Waals surface area (Å²) in [5.41, 5.74) is 1.07. The molecule has 2 aromatic rings. The van der Waals surface area contributed by atoms with Crippen LogP contribution in [-0.2, 0) is 12.8 Å². The quantitative estimate of drug-likeness (QED) is 0.830. The van der Waals surface area contributed by atoms with E-state index in [1.165, 1.54) is 4.88 Å². The van der Waals surface area contributed by atoms with E-state index in [-0.39, 0.29) is 11.0 Å². The molecule has 2 N–H and O–H groups in total. The first-order valence-corrected chi connectivity index (χ1v) is 6.81. The molecule has 0 atom stereocenters. The largest absolute Gasteiger partial charge is 0.477 e. The highest BCUT2D eigenvalue weighted by atomic mass is 32.1. The van der Waals surface area contributed by atoms with E-state index in [0.29, 0.717) is 11.1 Å². The molecule has 0 spiro atoms. The Kier molecular flexibility index (Phi) is 2.52. The molecule has 0 unspecified atom stereocenters. The second kappa shape index (κ2) is 3.95. The van der Waals surface area contributed by atoms with E-state index in [1.54, 1.807) is 18.3 Å². The van der Waals surface area contributed by atoms with Gasteiger partial charge >= 0.3 is 5.97 Å². The van der Waals surface area contributed by atoms with Crippen LogP contribution in [0.2, 0.25) is 0 Å². The molecule has 0 aromatic carbocycles. The number of aryl methyl sites for hydroxylation is 3. The molecular weight excluding hydrogens is 250 g/mol. The molecule has 0 radical (unpaired) electrons. The van der Waals surface area contributed by atoms with Gasteiger partial charge in [0.1, 0.15) is 10.4 Å². The SMILES string of the molecule is Cc1[nH]c2sc3c(c2c(=O)c1C(=O)O)CCCC3. The van der Waals surface area contributed by atoms with Crippen molar-refractivity contribution < 1.29 is 9.90 Å². The molecule has 0 aliphatic heterocycles. The highest BCUT2D eigenvalue weighted by Gasteiger charge is 2.23. The number of hydrogen-bond donors (Lipinski definition) is 2. The molecule has 18 heavy (non-hydrogen) atoms. The summed E-state index contributed by atoms with van der Waals surface area (Å²) >= 11 is 1.60. The average molecular weight is 263 g/mol. The van der Waals surface area contributed by atoms with E-state index in [9.17, 15) is 9.59 Å². The van der Waals surface area contributed by atoms with E-state index in [2.05, 4.69) is 4.98 Å². The van der Waals surface area contributed by atoms with Crippen LogP contribution in [0.5, 0.6) is 0 Å². The number of fused-ring (bicyclic) bond motifs is 3. The van der Waals surface area contributed by atoms with Crippen LogP contribution >= 0.6 is 11.3 Å².